The highest BCUT2D eigenvalue weighted by Gasteiger charge is 2.30. The summed E-state index contributed by atoms with van der Waals surface area (Å²) in [6, 6.07) is 25.1. The number of likely N-dealkylation sites (N-methyl/N-ethyl adjacent to an activating group) is 1. The van der Waals surface area contributed by atoms with Crippen LogP contribution in [0.2, 0.25) is 0 Å². The molecule has 7 nitrogen and oxygen atoms in total. The van der Waals surface area contributed by atoms with Gasteiger partial charge in [-0.25, -0.2) is 4.79 Å². The average Bonchev–Trinajstić information content (AvgIpc) is 3.24. The quantitative estimate of drug-likeness (QED) is 0.433. The molecule has 1 atom stereocenters. The lowest BCUT2D eigenvalue weighted by Gasteiger charge is -2.27. The fraction of sp³-hybridized carbons (Fsp3) is 0.310. The monoisotopic (exact) mass is 488 g/mol. The summed E-state index contributed by atoms with van der Waals surface area (Å²) >= 11 is 0. The lowest BCUT2D eigenvalue weighted by molar-refractivity contribution is -0.144. The second kappa shape index (κ2) is 11.8. The van der Waals surface area contributed by atoms with Gasteiger partial charge in [0.1, 0.15) is 12.6 Å². The fourth-order valence-electron chi connectivity index (χ4n) is 4.66. The van der Waals surface area contributed by atoms with Crippen molar-refractivity contribution in [2.75, 3.05) is 34.4 Å². The van der Waals surface area contributed by atoms with Gasteiger partial charge in [-0.15, -0.1) is 0 Å². The minimum absolute atomic E-state index is 0.0572. The van der Waals surface area contributed by atoms with E-state index in [0.29, 0.717) is 6.42 Å². The van der Waals surface area contributed by atoms with Gasteiger partial charge in [0.25, 0.3) is 0 Å². The van der Waals surface area contributed by atoms with Gasteiger partial charge in [-0.1, -0.05) is 78.9 Å². The maximum atomic E-state index is 13.3. The van der Waals surface area contributed by atoms with Crippen LogP contribution >= 0.6 is 0 Å². The van der Waals surface area contributed by atoms with Gasteiger partial charge in [0.2, 0.25) is 5.91 Å². The summed E-state index contributed by atoms with van der Waals surface area (Å²) < 4.78 is 16.1. The Morgan fingerprint density at radius 3 is 2.00 bits per heavy atom. The maximum absolute atomic E-state index is 13.3. The highest BCUT2D eigenvalue weighted by Crippen LogP contribution is 2.44. The highest BCUT2D eigenvalue weighted by molar-refractivity contribution is 5.86. The van der Waals surface area contributed by atoms with E-state index in [9.17, 15) is 9.59 Å². The number of hydrogen-bond donors (Lipinski definition) is 1. The number of methoxy groups -OCH3 is 2. The zero-order chi connectivity index (χ0) is 25.5. The summed E-state index contributed by atoms with van der Waals surface area (Å²) in [5.41, 5.74) is 5.51. The Hall–Kier alpha value is -3.68. The zero-order valence-electron chi connectivity index (χ0n) is 20.8. The van der Waals surface area contributed by atoms with Gasteiger partial charge in [-0.3, -0.25) is 4.79 Å². The third kappa shape index (κ3) is 5.75. The van der Waals surface area contributed by atoms with E-state index >= 15 is 0 Å². The molecule has 36 heavy (non-hydrogen) atoms. The molecule has 0 spiro atoms. The Morgan fingerprint density at radius 1 is 0.861 bits per heavy atom. The molecule has 3 aromatic rings. The van der Waals surface area contributed by atoms with Crippen LogP contribution in [0, 0.1) is 0 Å². The van der Waals surface area contributed by atoms with Crippen molar-refractivity contribution in [1.82, 2.24) is 10.2 Å². The molecule has 3 aromatic carbocycles. The molecule has 1 N–H and O–H groups in total. The van der Waals surface area contributed by atoms with Crippen molar-refractivity contribution in [3.63, 3.8) is 0 Å². The molecule has 0 saturated carbocycles. The van der Waals surface area contributed by atoms with Crippen LogP contribution in [-0.2, 0) is 25.4 Å². The molecule has 4 rings (SSSR count). The van der Waals surface area contributed by atoms with Gasteiger partial charge in [0.05, 0.1) is 6.54 Å². The number of ether oxygens (including phenoxy) is 3. The summed E-state index contributed by atoms with van der Waals surface area (Å²) in [6.07, 6.45) is -0.862. The van der Waals surface area contributed by atoms with E-state index in [1.165, 1.54) is 19.1 Å². The number of nitrogens with one attached hydrogen (secondary N) is 1. The van der Waals surface area contributed by atoms with Gasteiger partial charge in [0.15, 0.2) is 6.29 Å². The van der Waals surface area contributed by atoms with Crippen LogP contribution in [0.4, 0.5) is 4.79 Å². The first-order valence-corrected chi connectivity index (χ1v) is 12.0. The predicted molar refractivity (Wildman–Crippen MR) is 138 cm³/mol. The summed E-state index contributed by atoms with van der Waals surface area (Å²) in [5, 5.41) is 2.79. The molecule has 0 radical (unpaired) electrons. The van der Waals surface area contributed by atoms with Crippen LogP contribution < -0.4 is 5.32 Å². The third-order valence-corrected chi connectivity index (χ3v) is 6.54. The van der Waals surface area contributed by atoms with Gasteiger partial charge >= 0.3 is 6.09 Å². The van der Waals surface area contributed by atoms with Gasteiger partial charge in [-0.2, -0.15) is 0 Å². The van der Waals surface area contributed by atoms with Crippen LogP contribution in [0.15, 0.2) is 78.9 Å². The van der Waals surface area contributed by atoms with Gasteiger partial charge < -0.3 is 24.4 Å². The molecule has 7 heteroatoms. The van der Waals surface area contributed by atoms with Crippen molar-refractivity contribution in [2.45, 2.75) is 24.7 Å². The van der Waals surface area contributed by atoms with Crippen LogP contribution in [0.25, 0.3) is 11.1 Å². The number of amides is 2. The molecule has 0 fully saturated rings. The van der Waals surface area contributed by atoms with Crippen molar-refractivity contribution in [2.24, 2.45) is 0 Å². The topological polar surface area (TPSA) is 77.1 Å². The molecule has 0 saturated heterocycles. The molecular formula is C29H32N2O5. The van der Waals surface area contributed by atoms with Crippen molar-refractivity contribution in [1.29, 1.82) is 0 Å². The Labute approximate surface area is 212 Å². The number of fused-ring (bicyclic) bond motifs is 3. The summed E-state index contributed by atoms with van der Waals surface area (Å²) in [5.74, 6) is -0.315. The number of hydrogen-bond acceptors (Lipinski definition) is 5. The lowest BCUT2D eigenvalue weighted by Crippen LogP contribution is -2.50. The lowest BCUT2D eigenvalue weighted by atomic mass is 9.98. The summed E-state index contributed by atoms with van der Waals surface area (Å²) in [6.45, 7) is 0.404. The molecule has 0 bridgehead atoms. The Kier molecular flexibility index (Phi) is 8.36. The van der Waals surface area contributed by atoms with E-state index in [1.54, 1.807) is 7.05 Å². The first kappa shape index (κ1) is 25.4. The third-order valence-electron chi connectivity index (χ3n) is 6.54. The summed E-state index contributed by atoms with van der Waals surface area (Å²) in [4.78, 5) is 27.7. The zero-order valence-corrected chi connectivity index (χ0v) is 20.8. The standard InChI is InChI=1S/C29H32N2O5/c1-31(18-27(34-2)35-3)28(32)26(17-20-11-5-4-6-12-20)30-29(33)36-19-25-23-15-9-7-13-21(23)22-14-8-10-16-24(22)25/h4-16,25-27H,17-19H2,1-3H3,(H,30,33)/t26-/m0/s1. The highest BCUT2D eigenvalue weighted by atomic mass is 16.7. The Morgan fingerprint density at radius 2 is 1.42 bits per heavy atom. The van der Waals surface area contributed by atoms with Gasteiger partial charge in [0, 0.05) is 33.6 Å². The summed E-state index contributed by atoms with van der Waals surface area (Å²) in [7, 11) is 4.69. The molecule has 1 aliphatic rings. The van der Waals surface area contributed by atoms with E-state index in [0.717, 1.165) is 27.8 Å². The second-order valence-corrected chi connectivity index (χ2v) is 8.83. The van der Waals surface area contributed by atoms with Gasteiger partial charge in [-0.05, 0) is 27.8 Å². The smallest absolute Gasteiger partial charge is 0.407 e. The largest absolute Gasteiger partial charge is 0.449 e. The number of alkyl carbamates (subject to hydrolysis) is 1. The molecule has 0 heterocycles. The predicted octanol–water partition coefficient (Wildman–Crippen LogP) is 4.21. The molecule has 188 valence electrons. The molecule has 2 amide bonds. The Bertz CT molecular complexity index is 1130. The van der Waals surface area contributed by atoms with Crippen molar-refractivity contribution >= 4 is 12.0 Å². The van der Waals surface area contributed by atoms with Crippen LogP contribution in [0.1, 0.15) is 22.6 Å². The first-order valence-electron chi connectivity index (χ1n) is 12.0. The average molecular weight is 489 g/mol. The number of carbonyl (C=O) groups is 2. The maximum Gasteiger partial charge on any atom is 0.407 e. The van der Waals surface area contributed by atoms with Crippen molar-refractivity contribution < 1.29 is 23.8 Å². The number of rotatable bonds is 10. The van der Waals surface area contributed by atoms with Crippen molar-refractivity contribution in [3.05, 3.63) is 95.6 Å². The molecule has 0 aliphatic heterocycles. The van der Waals surface area contributed by atoms with E-state index in [1.807, 2.05) is 54.6 Å². The minimum atomic E-state index is -0.803. The van der Waals surface area contributed by atoms with Crippen LogP contribution in [0.5, 0.6) is 0 Å². The van der Waals surface area contributed by atoms with E-state index in [4.69, 9.17) is 14.2 Å². The number of benzene rings is 3. The van der Waals surface area contributed by atoms with E-state index < -0.39 is 18.4 Å². The van der Waals surface area contributed by atoms with Crippen LogP contribution in [0.3, 0.4) is 0 Å². The first-order chi connectivity index (χ1) is 17.5. The molecular weight excluding hydrogens is 456 g/mol. The van der Waals surface area contributed by atoms with Crippen molar-refractivity contribution in [3.8, 4) is 11.1 Å². The molecule has 1 aliphatic carbocycles. The molecule has 0 aromatic heterocycles. The fourth-order valence-corrected chi connectivity index (χ4v) is 4.66. The Balaban J connectivity index is 1.45. The molecule has 0 unspecified atom stereocenters. The normalized spacial score (nSPS) is 13.1. The van der Waals surface area contributed by atoms with Crippen LogP contribution in [-0.4, -0.2) is 63.7 Å². The number of carbonyl (C=O) groups excluding carboxylic acids is 2. The SMILES string of the molecule is COC(CN(C)C(=O)[C@H](Cc1ccccc1)NC(=O)OCC1c2ccccc2-c2ccccc21)OC. The van der Waals surface area contributed by atoms with E-state index in [2.05, 4.69) is 29.6 Å². The minimum Gasteiger partial charge on any atom is -0.449 e. The second-order valence-electron chi connectivity index (χ2n) is 8.83. The number of nitrogens with zero attached hydrogens (tertiary/aromatic N) is 1. The van der Waals surface area contributed by atoms with E-state index in [-0.39, 0.29) is 25.0 Å².